The molecular formula is C45H47ClN10O2S. The number of halogens is 1. The number of hydrogen-bond donors (Lipinski definition) is 1. The normalized spacial score (nSPS) is 21.5. The van der Waals surface area contributed by atoms with Gasteiger partial charge in [-0.25, -0.2) is 9.97 Å². The molecule has 10 rings (SSSR count). The van der Waals surface area contributed by atoms with E-state index < -0.39 is 0 Å². The highest BCUT2D eigenvalue weighted by Gasteiger charge is 2.52. The molecule has 14 heteroatoms. The maximum absolute atomic E-state index is 13.1. The van der Waals surface area contributed by atoms with E-state index in [0.717, 1.165) is 98.9 Å². The SMILES string of the molecule is Cc1sc2c(c1C)C(c1ccc(CC3CC4(CCN(c5ncc(C(=O)N[C@H]6CC[C@H](Oc7ccc(C#N)c(Cl)c7)CC6)cn5)CC4)C3)cn1)=NC1(CC1)c1nnc(C)n1-2. The Morgan fingerprint density at radius 1 is 0.983 bits per heavy atom. The van der Waals surface area contributed by atoms with Crippen molar-refractivity contribution < 1.29 is 9.53 Å². The molecule has 0 radical (unpaired) electrons. The van der Waals surface area contributed by atoms with Crippen molar-refractivity contribution in [2.24, 2.45) is 16.3 Å². The first-order valence-corrected chi connectivity index (χ1v) is 22.1. The van der Waals surface area contributed by atoms with Crippen LogP contribution in [-0.2, 0) is 12.0 Å². The Labute approximate surface area is 353 Å². The van der Waals surface area contributed by atoms with Crippen molar-refractivity contribution in [1.29, 1.82) is 5.26 Å². The van der Waals surface area contributed by atoms with Crippen LogP contribution >= 0.6 is 22.9 Å². The molecule has 1 saturated heterocycles. The van der Waals surface area contributed by atoms with Crippen molar-refractivity contribution in [3.63, 3.8) is 0 Å². The van der Waals surface area contributed by atoms with Gasteiger partial charge in [0.05, 0.1) is 33.7 Å². The summed E-state index contributed by atoms with van der Waals surface area (Å²) < 4.78 is 8.35. The van der Waals surface area contributed by atoms with Gasteiger partial charge in [-0.1, -0.05) is 17.7 Å². The third kappa shape index (κ3) is 7.08. The van der Waals surface area contributed by atoms with E-state index >= 15 is 0 Å². The molecular weight excluding hydrogens is 780 g/mol. The Balaban J connectivity index is 0.697. The minimum absolute atomic E-state index is 0.0442. The molecule has 6 heterocycles. The van der Waals surface area contributed by atoms with Crippen molar-refractivity contribution in [2.75, 3.05) is 18.0 Å². The monoisotopic (exact) mass is 826 g/mol. The molecule has 3 saturated carbocycles. The zero-order valence-electron chi connectivity index (χ0n) is 33.7. The van der Waals surface area contributed by atoms with Crippen LogP contribution in [0.4, 0.5) is 5.95 Å². The third-order valence-corrected chi connectivity index (χ3v) is 15.0. The van der Waals surface area contributed by atoms with Crippen LogP contribution in [-0.4, -0.2) is 66.6 Å². The number of nitrogens with one attached hydrogen (secondary N) is 1. The quantitative estimate of drug-likeness (QED) is 0.164. The number of thiophene rings is 1. The van der Waals surface area contributed by atoms with Gasteiger partial charge in [0.25, 0.3) is 5.91 Å². The molecule has 12 nitrogen and oxygen atoms in total. The van der Waals surface area contributed by atoms with Gasteiger partial charge in [0, 0.05) is 54.2 Å². The number of pyridine rings is 1. The molecule has 0 bridgehead atoms. The average Bonchev–Trinajstić information content (AvgIpc) is 3.85. The molecule has 1 N–H and O–H groups in total. The molecule has 2 spiro atoms. The number of aliphatic imine (C=N–C) groups is 1. The second-order valence-electron chi connectivity index (χ2n) is 17.5. The maximum Gasteiger partial charge on any atom is 0.254 e. The summed E-state index contributed by atoms with van der Waals surface area (Å²) in [5, 5.41) is 22.9. The molecule has 3 aliphatic carbocycles. The van der Waals surface area contributed by atoms with Crippen LogP contribution in [0.2, 0.25) is 5.02 Å². The van der Waals surface area contributed by atoms with E-state index in [0.29, 0.717) is 39.2 Å². The summed E-state index contributed by atoms with van der Waals surface area (Å²) in [5.41, 5.74) is 6.64. The topological polar surface area (TPSA) is 147 Å². The second-order valence-corrected chi connectivity index (χ2v) is 19.1. The van der Waals surface area contributed by atoms with Gasteiger partial charge in [-0.15, -0.1) is 21.5 Å². The lowest BCUT2D eigenvalue weighted by atomic mass is 9.56. The zero-order valence-corrected chi connectivity index (χ0v) is 35.2. The number of rotatable bonds is 8. The number of carbonyl (C=O) groups excluding carboxylic acids is 1. The number of nitrogens with zero attached hydrogens (tertiary/aromatic N) is 9. The van der Waals surface area contributed by atoms with E-state index in [1.165, 1.54) is 34.4 Å². The lowest BCUT2D eigenvalue weighted by Gasteiger charge is -2.52. The second kappa shape index (κ2) is 14.8. The van der Waals surface area contributed by atoms with Gasteiger partial charge in [-0.3, -0.25) is 19.3 Å². The zero-order chi connectivity index (χ0) is 40.5. The lowest BCUT2D eigenvalue weighted by Crippen LogP contribution is -2.48. The average molecular weight is 827 g/mol. The summed E-state index contributed by atoms with van der Waals surface area (Å²) >= 11 is 7.96. The van der Waals surface area contributed by atoms with Gasteiger partial charge in [0.15, 0.2) is 5.82 Å². The van der Waals surface area contributed by atoms with Crippen LogP contribution in [0, 0.1) is 43.4 Å². The molecule has 302 valence electrons. The minimum atomic E-state index is -0.303. The molecule has 0 unspecified atom stereocenters. The number of aryl methyl sites for hydroxylation is 2. The summed E-state index contributed by atoms with van der Waals surface area (Å²) in [6.45, 7) is 8.27. The van der Waals surface area contributed by atoms with Crippen molar-refractivity contribution in [3.05, 3.63) is 104 Å². The predicted molar refractivity (Wildman–Crippen MR) is 227 cm³/mol. The smallest absolute Gasteiger partial charge is 0.254 e. The van der Waals surface area contributed by atoms with Gasteiger partial charge in [-0.05, 0) is 132 Å². The standard InChI is InChI=1S/C45H47ClN10O2S/c1-26-27(2)59-41-38(26)39(52-45(12-13-45)42-54-53-28(3)56(41)42)37-11-4-29(23-48-37)18-30-20-44(21-30)14-16-55(17-15-44)43-49-24-32(25-50-43)40(57)51-33-6-9-34(10-7-33)58-35-8-5-31(22-47)36(46)19-35/h4-5,8,11,19,23-25,30,33-34H,6-7,9-10,12-18,20-21H2,1-3H3,(H,51,57)/t33-,34-. The van der Waals surface area contributed by atoms with Crippen molar-refractivity contribution in [2.45, 2.75) is 109 Å². The van der Waals surface area contributed by atoms with E-state index in [2.05, 4.69) is 73.2 Å². The van der Waals surface area contributed by atoms with E-state index in [1.807, 2.05) is 6.92 Å². The molecule has 4 fully saturated rings. The molecule has 4 aromatic heterocycles. The lowest BCUT2D eigenvalue weighted by molar-refractivity contribution is 0.0280. The summed E-state index contributed by atoms with van der Waals surface area (Å²) in [5.74, 6) is 3.75. The molecule has 2 aliphatic heterocycles. The first-order valence-electron chi connectivity index (χ1n) is 20.9. The number of fused-ring (bicyclic) bond motifs is 4. The molecule has 5 aromatic rings. The van der Waals surface area contributed by atoms with Crippen LogP contribution in [0.3, 0.4) is 0 Å². The Morgan fingerprint density at radius 2 is 1.75 bits per heavy atom. The van der Waals surface area contributed by atoms with Crippen molar-refractivity contribution >= 4 is 40.5 Å². The number of aromatic nitrogens is 6. The fourth-order valence-corrected chi connectivity index (χ4v) is 11.3. The Bertz CT molecular complexity index is 2490. The summed E-state index contributed by atoms with van der Waals surface area (Å²) in [6, 6.07) is 11.7. The Morgan fingerprint density at radius 3 is 2.42 bits per heavy atom. The highest BCUT2D eigenvalue weighted by molar-refractivity contribution is 7.15. The Kier molecular flexibility index (Phi) is 9.55. The van der Waals surface area contributed by atoms with Crippen LogP contribution in [0.25, 0.3) is 5.00 Å². The number of ether oxygens (including phenoxy) is 1. The van der Waals surface area contributed by atoms with E-state index in [9.17, 15) is 4.79 Å². The number of benzene rings is 1. The van der Waals surface area contributed by atoms with Crippen LogP contribution in [0.15, 0.2) is 53.9 Å². The van der Waals surface area contributed by atoms with E-state index in [-0.39, 0.29) is 23.6 Å². The molecule has 59 heavy (non-hydrogen) atoms. The molecule has 5 aliphatic rings. The largest absolute Gasteiger partial charge is 0.490 e. The van der Waals surface area contributed by atoms with Gasteiger partial charge < -0.3 is 15.0 Å². The van der Waals surface area contributed by atoms with Crippen LogP contribution in [0.5, 0.6) is 5.75 Å². The highest BCUT2D eigenvalue weighted by atomic mass is 35.5. The number of carbonyl (C=O) groups is 1. The van der Waals surface area contributed by atoms with Gasteiger partial charge in [0.1, 0.15) is 28.2 Å². The fraction of sp³-hybridized carbons (Fsp3) is 0.467. The van der Waals surface area contributed by atoms with Crippen molar-refractivity contribution in [3.8, 4) is 16.8 Å². The molecule has 1 aromatic carbocycles. The van der Waals surface area contributed by atoms with Gasteiger partial charge >= 0.3 is 0 Å². The van der Waals surface area contributed by atoms with Crippen molar-refractivity contribution in [1.82, 2.24) is 35.0 Å². The van der Waals surface area contributed by atoms with Crippen LogP contribution in [0.1, 0.15) is 119 Å². The number of amides is 1. The summed E-state index contributed by atoms with van der Waals surface area (Å²) in [6.07, 6.45) is 16.5. The molecule has 1 amide bonds. The number of piperidine rings is 1. The summed E-state index contributed by atoms with van der Waals surface area (Å²) in [7, 11) is 0. The number of anilines is 1. The predicted octanol–water partition coefficient (Wildman–Crippen LogP) is 8.16. The molecule has 0 atom stereocenters. The number of nitriles is 1. The maximum atomic E-state index is 13.1. The minimum Gasteiger partial charge on any atom is -0.490 e. The first-order chi connectivity index (χ1) is 28.6. The van der Waals surface area contributed by atoms with E-state index in [1.54, 1.807) is 41.9 Å². The highest BCUT2D eigenvalue weighted by Crippen LogP contribution is 2.54. The fourth-order valence-electron chi connectivity index (χ4n) is 9.88. The van der Waals surface area contributed by atoms with Gasteiger partial charge in [-0.2, -0.15) is 5.26 Å². The van der Waals surface area contributed by atoms with E-state index in [4.69, 9.17) is 31.6 Å². The number of hydrogen-bond acceptors (Lipinski definition) is 11. The van der Waals surface area contributed by atoms with Gasteiger partial charge in [0.2, 0.25) is 5.95 Å². The Hall–Kier alpha value is -5.19. The first kappa shape index (κ1) is 38.0. The third-order valence-electron chi connectivity index (χ3n) is 13.5. The summed E-state index contributed by atoms with van der Waals surface area (Å²) in [4.78, 5) is 36.4. The van der Waals surface area contributed by atoms with Crippen LogP contribution < -0.4 is 15.0 Å².